The maximum Gasteiger partial charge on any atom is 0.325 e. The molecule has 0 unspecified atom stereocenters. The Morgan fingerprint density at radius 2 is 1.72 bits per heavy atom. The molecule has 0 saturated carbocycles. The molecule has 2 aromatic carbocycles. The van der Waals surface area contributed by atoms with Crippen LogP contribution in [0, 0.1) is 6.92 Å². The molecule has 0 spiro atoms. The summed E-state index contributed by atoms with van der Waals surface area (Å²) in [5, 5.41) is 2.41. The van der Waals surface area contributed by atoms with Crippen LogP contribution < -0.4 is 14.8 Å². The largest absolute Gasteiger partial charge is 0.495 e. The number of rotatable bonds is 8. The van der Waals surface area contributed by atoms with Gasteiger partial charge in [0.1, 0.15) is 17.2 Å². The first-order chi connectivity index (χ1) is 13.6. The van der Waals surface area contributed by atoms with Gasteiger partial charge in [0, 0.05) is 11.3 Å². The summed E-state index contributed by atoms with van der Waals surface area (Å²) in [5.74, 6) is -1.11. The molecule has 2 N–H and O–H groups in total. The SMILES string of the molecule is COc1ccc(C(=O)NCC(=O)OC(C)C)cc1S(=O)(=O)Nc1ccc(C)cc1. The van der Waals surface area contributed by atoms with Crippen molar-refractivity contribution >= 4 is 27.6 Å². The molecule has 0 saturated heterocycles. The summed E-state index contributed by atoms with van der Waals surface area (Å²) < 4.78 is 38.2. The minimum absolute atomic E-state index is 0.0624. The number of amides is 1. The molecule has 0 fully saturated rings. The third-order valence-electron chi connectivity index (χ3n) is 3.78. The van der Waals surface area contributed by atoms with Crippen LogP contribution >= 0.6 is 0 Å². The minimum atomic E-state index is -4.02. The van der Waals surface area contributed by atoms with Gasteiger partial charge >= 0.3 is 5.97 Å². The predicted molar refractivity (Wildman–Crippen MR) is 109 cm³/mol. The number of aryl methyl sites for hydroxylation is 1. The molecule has 0 aliphatic carbocycles. The topological polar surface area (TPSA) is 111 Å². The average molecular weight is 420 g/mol. The highest BCUT2D eigenvalue weighted by atomic mass is 32.2. The lowest BCUT2D eigenvalue weighted by atomic mass is 10.2. The van der Waals surface area contributed by atoms with Crippen LogP contribution in [0.4, 0.5) is 5.69 Å². The smallest absolute Gasteiger partial charge is 0.325 e. The molecule has 0 bridgehead atoms. The van der Waals surface area contributed by atoms with E-state index in [1.807, 2.05) is 6.92 Å². The van der Waals surface area contributed by atoms with E-state index in [4.69, 9.17) is 9.47 Å². The Labute approximate surface area is 170 Å². The van der Waals surface area contributed by atoms with Crippen LogP contribution in [-0.4, -0.2) is 40.1 Å². The van der Waals surface area contributed by atoms with Crippen molar-refractivity contribution < 1.29 is 27.5 Å². The Bertz CT molecular complexity index is 985. The van der Waals surface area contributed by atoms with E-state index in [0.29, 0.717) is 5.69 Å². The molecule has 0 aromatic heterocycles. The number of anilines is 1. The van der Waals surface area contributed by atoms with Crippen LogP contribution in [0.15, 0.2) is 47.4 Å². The van der Waals surface area contributed by atoms with Gasteiger partial charge in [-0.05, 0) is 51.1 Å². The first-order valence-electron chi connectivity index (χ1n) is 8.87. The highest BCUT2D eigenvalue weighted by molar-refractivity contribution is 7.92. The van der Waals surface area contributed by atoms with Crippen LogP contribution in [0.2, 0.25) is 0 Å². The lowest BCUT2D eigenvalue weighted by Crippen LogP contribution is -2.31. The summed E-state index contributed by atoms with van der Waals surface area (Å²) in [6, 6.07) is 10.8. The number of sulfonamides is 1. The lowest BCUT2D eigenvalue weighted by Gasteiger charge is -2.13. The molecule has 9 heteroatoms. The highest BCUT2D eigenvalue weighted by Crippen LogP contribution is 2.27. The van der Waals surface area contributed by atoms with Crippen LogP contribution in [0.5, 0.6) is 5.75 Å². The second-order valence-corrected chi connectivity index (χ2v) is 8.21. The third kappa shape index (κ3) is 6.21. The van der Waals surface area contributed by atoms with E-state index >= 15 is 0 Å². The first-order valence-corrected chi connectivity index (χ1v) is 10.4. The Hall–Kier alpha value is -3.07. The maximum absolute atomic E-state index is 12.8. The molecular weight excluding hydrogens is 396 g/mol. The van der Waals surface area contributed by atoms with Crippen LogP contribution in [0.1, 0.15) is 29.8 Å². The number of ether oxygens (including phenoxy) is 2. The van der Waals surface area contributed by atoms with Crippen molar-refractivity contribution in [3.8, 4) is 5.75 Å². The zero-order valence-corrected chi connectivity index (χ0v) is 17.5. The van der Waals surface area contributed by atoms with E-state index in [1.54, 1.807) is 38.1 Å². The fraction of sp³-hybridized carbons (Fsp3) is 0.300. The average Bonchev–Trinajstić information content (AvgIpc) is 2.66. The number of carbonyl (C=O) groups excluding carboxylic acids is 2. The molecule has 156 valence electrons. The molecule has 0 radical (unpaired) electrons. The molecule has 2 rings (SSSR count). The zero-order chi connectivity index (χ0) is 21.6. The van der Waals surface area contributed by atoms with Crippen molar-refractivity contribution in [2.45, 2.75) is 31.8 Å². The van der Waals surface area contributed by atoms with E-state index in [2.05, 4.69) is 10.0 Å². The number of hydrogen-bond donors (Lipinski definition) is 2. The number of benzene rings is 2. The van der Waals surface area contributed by atoms with Crippen LogP contribution in [0.3, 0.4) is 0 Å². The number of methoxy groups -OCH3 is 1. The Balaban J connectivity index is 2.24. The van der Waals surface area contributed by atoms with Crippen molar-refractivity contribution in [1.29, 1.82) is 0 Å². The summed E-state index contributed by atoms with van der Waals surface area (Å²) in [6.07, 6.45) is -0.301. The van der Waals surface area contributed by atoms with Crippen molar-refractivity contribution in [3.63, 3.8) is 0 Å². The summed E-state index contributed by atoms with van der Waals surface area (Å²) in [7, 11) is -2.68. The third-order valence-corrected chi connectivity index (χ3v) is 5.18. The standard InChI is InChI=1S/C20H24N2O6S/c1-13(2)28-19(23)12-21-20(24)15-7-10-17(27-4)18(11-15)29(25,26)22-16-8-5-14(3)6-9-16/h5-11,13,22H,12H2,1-4H3,(H,21,24). The predicted octanol–water partition coefficient (Wildman–Crippen LogP) is 2.49. The first kappa shape index (κ1) is 22.2. The van der Waals surface area contributed by atoms with E-state index in [1.165, 1.54) is 25.3 Å². The second kappa shape index (κ2) is 9.42. The zero-order valence-electron chi connectivity index (χ0n) is 16.7. The summed E-state index contributed by atoms with van der Waals surface area (Å²) in [6.45, 7) is 4.95. The maximum atomic E-state index is 12.8. The van der Waals surface area contributed by atoms with E-state index in [9.17, 15) is 18.0 Å². The molecule has 1 amide bonds. The number of nitrogens with one attached hydrogen (secondary N) is 2. The van der Waals surface area contributed by atoms with E-state index in [-0.39, 0.29) is 28.9 Å². The molecule has 8 nitrogen and oxygen atoms in total. The number of esters is 1. The Kier molecular flexibility index (Phi) is 7.22. The molecule has 0 atom stereocenters. The summed E-state index contributed by atoms with van der Waals surface area (Å²) in [5.41, 5.74) is 1.43. The minimum Gasteiger partial charge on any atom is -0.495 e. The Morgan fingerprint density at radius 3 is 2.31 bits per heavy atom. The van der Waals surface area contributed by atoms with Gasteiger partial charge in [-0.1, -0.05) is 17.7 Å². The lowest BCUT2D eigenvalue weighted by molar-refractivity contribution is -0.146. The van der Waals surface area contributed by atoms with Gasteiger partial charge in [-0.15, -0.1) is 0 Å². The van der Waals surface area contributed by atoms with Crippen molar-refractivity contribution in [3.05, 3.63) is 53.6 Å². The second-order valence-electron chi connectivity index (χ2n) is 6.56. The number of hydrogen-bond acceptors (Lipinski definition) is 6. The van der Waals surface area contributed by atoms with E-state index < -0.39 is 21.9 Å². The number of carbonyl (C=O) groups is 2. The summed E-state index contributed by atoms with van der Waals surface area (Å²) >= 11 is 0. The van der Waals surface area contributed by atoms with Gasteiger partial charge in [0.05, 0.1) is 13.2 Å². The van der Waals surface area contributed by atoms with Crippen molar-refractivity contribution in [1.82, 2.24) is 5.32 Å². The van der Waals surface area contributed by atoms with Crippen LogP contribution in [0.25, 0.3) is 0 Å². The molecule has 29 heavy (non-hydrogen) atoms. The van der Waals surface area contributed by atoms with E-state index in [0.717, 1.165) is 5.56 Å². The quantitative estimate of drug-likeness (QED) is 0.635. The molecular formula is C20H24N2O6S. The van der Waals surface area contributed by atoms with Gasteiger partial charge in [0.25, 0.3) is 15.9 Å². The monoisotopic (exact) mass is 420 g/mol. The molecule has 0 aliphatic heterocycles. The van der Waals surface area contributed by atoms with Gasteiger partial charge < -0.3 is 14.8 Å². The summed E-state index contributed by atoms with van der Waals surface area (Å²) in [4.78, 5) is 23.7. The van der Waals surface area contributed by atoms with Crippen molar-refractivity contribution in [2.24, 2.45) is 0 Å². The van der Waals surface area contributed by atoms with Gasteiger partial charge in [-0.2, -0.15) is 0 Å². The van der Waals surface area contributed by atoms with Gasteiger partial charge in [0.15, 0.2) is 0 Å². The van der Waals surface area contributed by atoms with Gasteiger partial charge in [0.2, 0.25) is 0 Å². The molecule has 0 aliphatic rings. The van der Waals surface area contributed by atoms with Crippen LogP contribution in [-0.2, 0) is 19.6 Å². The fourth-order valence-corrected chi connectivity index (χ4v) is 3.67. The molecule has 0 heterocycles. The molecule has 2 aromatic rings. The Morgan fingerprint density at radius 1 is 1.07 bits per heavy atom. The van der Waals surface area contributed by atoms with Gasteiger partial charge in [-0.25, -0.2) is 8.42 Å². The fourth-order valence-electron chi connectivity index (χ4n) is 2.42. The normalized spacial score (nSPS) is 11.1. The highest BCUT2D eigenvalue weighted by Gasteiger charge is 2.22. The van der Waals surface area contributed by atoms with Crippen molar-refractivity contribution in [2.75, 3.05) is 18.4 Å². The van der Waals surface area contributed by atoms with Gasteiger partial charge in [-0.3, -0.25) is 14.3 Å².